The van der Waals surface area contributed by atoms with Gasteiger partial charge in [-0.2, -0.15) is 0 Å². The number of nitrogens with zero attached hydrogens (tertiary/aromatic N) is 1. The van der Waals surface area contributed by atoms with E-state index in [1.165, 1.54) is 0 Å². The van der Waals surface area contributed by atoms with Crippen molar-refractivity contribution in [2.45, 2.75) is 51.3 Å². The quantitative estimate of drug-likeness (QED) is 0.663. The number of rotatable bonds is 2. The smallest absolute Gasteiger partial charge is 0.0921 e. The lowest BCUT2D eigenvalue weighted by Gasteiger charge is -2.46. The minimum absolute atomic E-state index is 0.186. The van der Waals surface area contributed by atoms with E-state index in [2.05, 4.69) is 25.7 Å². The van der Waals surface area contributed by atoms with E-state index in [0.29, 0.717) is 12.6 Å². The third kappa shape index (κ3) is 2.03. The van der Waals surface area contributed by atoms with Gasteiger partial charge in [-0.3, -0.25) is 4.90 Å². The lowest BCUT2D eigenvalue weighted by Crippen LogP contribution is -2.60. The van der Waals surface area contributed by atoms with Gasteiger partial charge in [0.2, 0.25) is 0 Å². The fourth-order valence-corrected chi connectivity index (χ4v) is 2.26. The summed E-state index contributed by atoms with van der Waals surface area (Å²) in [6, 6.07) is 0.680. The normalized spacial score (nSPS) is 36.9. The summed E-state index contributed by atoms with van der Waals surface area (Å²) in [4.78, 5) is 2.33. The molecule has 3 heteroatoms. The first-order valence-electron chi connectivity index (χ1n) is 5.19. The molecular weight excluding hydrogens is 164 g/mol. The molecule has 3 nitrogen and oxygen atoms in total. The summed E-state index contributed by atoms with van der Waals surface area (Å²) in [5.74, 6) is 0. The van der Waals surface area contributed by atoms with Crippen LogP contribution in [0.2, 0.25) is 0 Å². The molecule has 1 aliphatic rings. The number of likely N-dealkylation sites (tertiary alicyclic amines) is 1. The molecule has 0 aliphatic carbocycles. The zero-order valence-corrected chi connectivity index (χ0v) is 8.95. The van der Waals surface area contributed by atoms with Crippen molar-refractivity contribution in [3.8, 4) is 0 Å². The predicted octanol–water partition coefficient (Wildman–Crippen LogP) is 0.569. The van der Waals surface area contributed by atoms with Gasteiger partial charge in [0.05, 0.1) is 5.60 Å². The van der Waals surface area contributed by atoms with Crippen LogP contribution in [0.25, 0.3) is 0 Å². The molecular formula is C10H22N2O. The molecule has 1 heterocycles. The van der Waals surface area contributed by atoms with E-state index in [-0.39, 0.29) is 6.04 Å². The Hall–Kier alpha value is -0.120. The summed E-state index contributed by atoms with van der Waals surface area (Å²) in [7, 11) is 0. The Morgan fingerprint density at radius 2 is 2.23 bits per heavy atom. The van der Waals surface area contributed by atoms with Gasteiger partial charge in [-0.25, -0.2) is 0 Å². The van der Waals surface area contributed by atoms with Crippen molar-refractivity contribution in [2.75, 3.05) is 13.1 Å². The maximum Gasteiger partial charge on any atom is 0.0921 e. The molecule has 1 rings (SSSR count). The second kappa shape index (κ2) is 3.95. The molecule has 13 heavy (non-hydrogen) atoms. The lowest BCUT2D eigenvalue weighted by molar-refractivity contribution is -0.0767. The van der Waals surface area contributed by atoms with E-state index in [1.807, 2.05) is 0 Å². The van der Waals surface area contributed by atoms with Crippen molar-refractivity contribution < 1.29 is 5.11 Å². The second-order valence-corrected chi connectivity index (χ2v) is 4.42. The first-order chi connectivity index (χ1) is 6.01. The molecule has 0 amide bonds. The van der Waals surface area contributed by atoms with Gasteiger partial charge in [-0.15, -0.1) is 0 Å². The van der Waals surface area contributed by atoms with E-state index in [9.17, 15) is 5.11 Å². The van der Waals surface area contributed by atoms with E-state index in [0.717, 1.165) is 19.4 Å². The molecule has 0 aromatic carbocycles. The highest BCUT2D eigenvalue weighted by atomic mass is 16.3. The zero-order valence-electron chi connectivity index (χ0n) is 8.95. The molecule has 78 valence electrons. The maximum absolute atomic E-state index is 10.2. The van der Waals surface area contributed by atoms with Crippen LogP contribution in [-0.2, 0) is 0 Å². The Balaban J connectivity index is 2.71. The number of hydrogen-bond donors (Lipinski definition) is 2. The fraction of sp³-hybridized carbons (Fsp3) is 1.00. The van der Waals surface area contributed by atoms with E-state index in [4.69, 9.17) is 5.73 Å². The monoisotopic (exact) mass is 186 g/mol. The second-order valence-electron chi connectivity index (χ2n) is 4.42. The highest BCUT2D eigenvalue weighted by Crippen LogP contribution is 2.28. The van der Waals surface area contributed by atoms with Crippen LogP contribution in [0.1, 0.15) is 33.6 Å². The molecule has 2 atom stereocenters. The number of hydrogen-bond acceptors (Lipinski definition) is 3. The van der Waals surface area contributed by atoms with Crippen LogP contribution in [0.3, 0.4) is 0 Å². The molecule has 0 aromatic rings. The summed E-state index contributed by atoms with van der Waals surface area (Å²) in [6.07, 6.45) is 1.89. The highest BCUT2D eigenvalue weighted by Gasteiger charge is 2.39. The van der Waals surface area contributed by atoms with Gasteiger partial charge in [0.25, 0.3) is 0 Å². The zero-order chi connectivity index (χ0) is 10.1. The summed E-state index contributed by atoms with van der Waals surface area (Å²) in [5.41, 5.74) is 4.95. The molecule has 3 N–H and O–H groups in total. The molecule has 0 aromatic heterocycles. The van der Waals surface area contributed by atoms with Crippen LogP contribution in [0.5, 0.6) is 0 Å². The first-order valence-corrected chi connectivity index (χ1v) is 5.19. The molecule has 0 bridgehead atoms. The van der Waals surface area contributed by atoms with Gasteiger partial charge in [-0.05, 0) is 40.2 Å². The third-order valence-corrected chi connectivity index (χ3v) is 3.32. The lowest BCUT2D eigenvalue weighted by atomic mass is 9.84. The topological polar surface area (TPSA) is 49.5 Å². The SMILES string of the molecule is CC(C)N1CCCC(O)(CN)C1C. The Morgan fingerprint density at radius 1 is 1.62 bits per heavy atom. The molecule has 0 radical (unpaired) electrons. The predicted molar refractivity (Wildman–Crippen MR) is 54.5 cm³/mol. The average molecular weight is 186 g/mol. The van der Waals surface area contributed by atoms with Gasteiger partial charge >= 0.3 is 0 Å². The van der Waals surface area contributed by atoms with Crippen molar-refractivity contribution >= 4 is 0 Å². The molecule has 0 saturated carbocycles. The van der Waals surface area contributed by atoms with Crippen LogP contribution in [0.15, 0.2) is 0 Å². The summed E-state index contributed by atoms with van der Waals surface area (Å²) in [5, 5.41) is 10.2. The third-order valence-electron chi connectivity index (χ3n) is 3.32. The van der Waals surface area contributed by atoms with Gasteiger partial charge in [-0.1, -0.05) is 0 Å². The molecule has 1 saturated heterocycles. The van der Waals surface area contributed by atoms with Gasteiger partial charge in [0, 0.05) is 18.6 Å². The van der Waals surface area contributed by atoms with Crippen LogP contribution in [0.4, 0.5) is 0 Å². The molecule has 2 unspecified atom stereocenters. The Kier molecular flexibility index (Phi) is 3.33. The van der Waals surface area contributed by atoms with Crippen molar-refractivity contribution in [1.29, 1.82) is 0 Å². The van der Waals surface area contributed by atoms with Crippen LogP contribution >= 0.6 is 0 Å². The largest absolute Gasteiger partial charge is 0.387 e. The van der Waals surface area contributed by atoms with Gasteiger partial charge < -0.3 is 10.8 Å². The van der Waals surface area contributed by atoms with E-state index < -0.39 is 5.60 Å². The Labute approximate surface area is 80.9 Å². The summed E-state index contributed by atoms with van der Waals surface area (Å²) in [6.45, 7) is 7.86. The van der Waals surface area contributed by atoms with Crippen molar-refractivity contribution in [3.63, 3.8) is 0 Å². The fourth-order valence-electron chi connectivity index (χ4n) is 2.26. The van der Waals surface area contributed by atoms with Crippen LogP contribution in [0, 0.1) is 0 Å². The van der Waals surface area contributed by atoms with E-state index in [1.54, 1.807) is 0 Å². The minimum Gasteiger partial charge on any atom is -0.387 e. The number of piperidine rings is 1. The summed E-state index contributed by atoms with van der Waals surface area (Å²) < 4.78 is 0. The van der Waals surface area contributed by atoms with Crippen LogP contribution < -0.4 is 5.73 Å². The average Bonchev–Trinajstić information content (AvgIpc) is 2.09. The van der Waals surface area contributed by atoms with E-state index >= 15 is 0 Å². The molecule has 0 spiro atoms. The van der Waals surface area contributed by atoms with Gasteiger partial charge in [0.1, 0.15) is 0 Å². The first kappa shape index (κ1) is 11.0. The van der Waals surface area contributed by atoms with Gasteiger partial charge in [0.15, 0.2) is 0 Å². The Morgan fingerprint density at radius 3 is 2.69 bits per heavy atom. The standard InChI is InChI=1S/C10H22N2O/c1-8(2)12-6-4-5-10(13,7-11)9(12)3/h8-9,13H,4-7,11H2,1-3H3. The van der Waals surface area contributed by atoms with Crippen LogP contribution in [-0.4, -0.2) is 40.8 Å². The Bertz CT molecular complexity index is 172. The number of aliphatic hydroxyl groups is 1. The number of nitrogens with two attached hydrogens (primary N) is 1. The van der Waals surface area contributed by atoms with Crippen molar-refractivity contribution in [1.82, 2.24) is 4.90 Å². The highest BCUT2D eigenvalue weighted by molar-refractivity contribution is 4.95. The summed E-state index contributed by atoms with van der Waals surface area (Å²) >= 11 is 0. The minimum atomic E-state index is -0.664. The van der Waals surface area contributed by atoms with Crippen molar-refractivity contribution in [3.05, 3.63) is 0 Å². The van der Waals surface area contributed by atoms with Crippen molar-refractivity contribution in [2.24, 2.45) is 5.73 Å². The molecule has 1 fully saturated rings. The maximum atomic E-state index is 10.2. The molecule has 1 aliphatic heterocycles.